The van der Waals surface area contributed by atoms with Crippen LogP contribution in [0.4, 0.5) is 4.39 Å². The maximum absolute atomic E-state index is 12.9. The molecule has 1 aliphatic heterocycles. The minimum absolute atomic E-state index is 0.170. The standard InChI is InChI=1S/C15H18FN3/c1-2-19-10-7-14(17-19)11-18-9-8-15(18)12-3-5-13(16)6-4-12/h3-7,10,15H,2,8-9,11H2,1H3/t15-/m0/s1. The lowest BCUT2D eigenvalue weighted by Gasteiger charge is -2.41. The molecule has 0 aliphatic carbocycles. The summed E-state index contributed by atoms with van der Waals surface area (Å²) >= 11 is 0. The lowest BCUT2D eigenvalue weighted by Crippen LogP contribution is -2.40. The van der Waals surface area contributed by atoms with Gasteiger partial charge in [0.1, 0.15) is 5.82 Å². The van der Waals surface area contributed by atoms with Crippen molar-refractivity contribution in [3.05, 3.63) is 53.6 Å². The number of likely N-dealkylation sites (tertiary alicyclic amines) is 1. The van der Waals surface area contributed by atoms with Crippen LogP contribution in [0.3, 0.4) is 0 Å². The van der Waals surface area contributed by atoms with E-state index in [0.29, 0.717) is 6.04 Å². The van der Waals surface area contributed by atoms with Crippen molar-refractivity contribution >= 4 is 0 Å². The van der Waals surface area contributed by atoms with Gasteiger partial charge >= 0.3 is 0 Å². The van der Waals surface area contributed by atoms with Gasteiger partial charge in [-0.15, -0.1) is 0 Å². The van der Waals surface area contributed by atoms with Crippen LogP contribution in [-0.2, 0) is 13.1 Å². The van der Waals surface area contributed by atoms with Gasteiger partial charge in [-0.1, -0.05) is 12.1 Å². The maximum Gasteiger partial charge on any atom is 0.123 e. The number of hydrogen-bond donors (Lipinski definition) is 0. The molecule has 0 N–H and O–H groups in total. The number of halogens is 1. The van der Waals surface area contributed by atoms with E-state index in [1.54, 1.807) is 0 Å². The van der Waals surface area contributed by atoms with Gasteiger partial charge in [0.25, 0.3) is 0 Å². The fourth-order valence-electron chi connectivity index (χ4n) is 2.56. The Hall–Kier alpha value is -1.68. The summed E-state index contributed by atoms with van der Waals surface area (Å²) in [5, 5.41) is 4.51. The van der Waals surface area contributed by atoms with E-state index in [1.807, 2.05) is 23.0 Å². The van der Waals surface area contributed by atoms with E-state index in [1.165, 1.54) is 17.7 Å². The Labute approximate surface area is 112 Å². The second-order valence-corrected chi connectivity index (χ2v) is 4.99. The monoisotopic (exact) mass is 259 g/mol. The fourth-order valence-corrected chi connectivity index (χ4v) is 2.56. The molecule has 1 fully saturated rings. The van der Waals surface area contributed by atoms with Crippen LogP contribution in [0.1, 0.15) is 30.6 Å². The first-order chi connectivity index (χ1) is 9.26. The number of rotatable bonds is 4. The third-order valence-electron chi connectivity index (χ3n) is 3.77. The Kier molecular flexibility index (Phi) is 3.34. The highest BCUT2D eigenvalue weighted by atomic mass is 19.1. The summed E-state index contributed by atoms with van der Waals surface area (Å²) in [6.45, 7) is 4.94. The predicted octanol–water partition coefficient (Wildman–Crippen LogP) is 2.99. The molecule has 0 spiro atoms. The van der Waals surface area contributed by atoms with Gasteiger partial charge in [0.2, 0.25) is 0 Å². The molecule has 0 amide bonds. The van der Waals surface area contributed by atoms with Gasteiger partial charge in [-0.05, 0) is 37.1 Å². The lowest BCUT2D eigenvalue weighted by molar-refractivity contribution is 0.0801. The van der Waals surface area contributed by atoms with E-state index < -0.39 is 0 Å². The van der Waals surface area contributed by atoms with E-state index >= 15 is 0 Å². The number of aromatic nitrogens is 2. The Morgan fingerprint density at radius 2 is 2.05 bits per heavy atom. The molecular weight excluding hydrogens is 241 g/mol. The first-order valence-corrected chi connectivity index (χ1v) is 6.78. The molecule has 0 radical (unpaired) electrons. The Morgan fingerprint density at radius 3 is 2.63 bits per heavy atom. The molecule has 1 aromatic carbocycles. The number of benzene rings is 1. The van der Waals surface area contributed by atoms with Crippen molar-refractivity contribution in [2.75, 3.05) is 6.54 Å². The largest absolute Gasteiger partial charge is 0.290 e. The van der Waals surface area contributed by atoms with Crippen LogP contribution in [0, 0.1) is 5.82 Å². The number of hydrogen-bond acceptors (Lipinski definition) is 2. The third kappa shape index (κ3) is 2.54. The molecule has 2 aromatic rings. The first-order valence-electron chi connectivity index (χ1n) is 6.78. The van der Waals surface area contributed by atoms with Gasteiger partial charge in [0.05, 0.1) is 5.69 Å². The Morgan fingerprint density at radius 1 is 1.26 bits per heavy atom. The summed E-state index contributed by atoms with van der Waals surface area (Å²) < 4.78 is 14.9. The molecule has 1 atom stereocenters. The average molecular weight is 259 g/mol. The minimum atomic E-state index is -0.170. The molecule has 2 heterocycles. The van der Waals surface area contributed by atoms with E-state index in [2.05, 4.69) is 23.0 Å². The second kappa shape index (κ2) is 5.13. The quantitative estimate of drug-likeness (QED) is 0.841. The van der Waals surface area contributed by atoms with Crippen LogP contribution in [0.2, 0.25) is 0 Å². The van der Waals surface area contributed by atoms with Crippen LogP contribution in [0.15, 0.2) is 36.5 Å². The van der Waals surface area contributed by atoms with Crippen molar-refractivity contribution in [1.82, 2.24) is 14.7 Å². The Bertz CT molecular complexity index is 547. The summed E-state index contributed by atoms with van der Waals surface area (Å²) in [7, 11) is 0. The molecular formula is C15H18FN3. The molecule has 0 bridgehead atoms. The van der Waals surface area contributed by atoms with Gasteiger partial charge in [-0.25, -0.2) is 4.39 Å². The van der Waals surface area contributed by atoms with Crippen molar-refractivity contribution in [2.45, 2.75) is 32.5 Å². The van der Waals surface area contributed by atoms with E-state index in [4.69, 9.17) is 0 Å². The van der Waals surface area contributed by atoms with E-state index in [9.17, 15) is 4.39 Å². The highest BCUT2D eigenvalue weighted by Crippen LogP contribution is 2.34. The SMILES string of the molecule is CCn1ccc(CN2CC[C@H]2c2ccc(F)cc2)n1. The van der Waals surface area contributed by atoms with Gasteiger partial charge in [-0.3, -0.25) is 9.58 Å². The molecule has 0 saturated carbocycles. The molecule has 3 rings (SSSR count). The highest BCUT2D eigenvalue weighted by molar-refractivity contribution is 5.22. The average Bonchev–Trinajstić information content (AvgIpc) is 2.85. The number of aryl methyl sites for hydroxylation is 1. The summed E-state index contributed by atoms with van der Waals surface area (Å²) in [6, 6.07) is 9.33. The van der Waals surface area contributed by atoms with E-state index in [-0.39, 0.29) is 5.82 Å². The van der Waals surface area contributed by atoms with E-state index in [0.717, 1.165) is 31.7 Å². The first kappa shape index (κ1) is 12.4. The molecule has 1 aromatic heterocycles. The normalized spacial score (nSPS) is 19.4. The summed E-state index contributed by atoms with van der Waals surface area (Å²) in [5.41, 5.74) is 2.30. The molecule has 1 aliphatic rings. The Balaban J connectivity index is 1.67. The van der Waals surface area contributed by atoms with Crippen LogP contribution < -0.4 is 0 Å². The smallest absolute Gasteiger partial charge is 0.123 e. The zero-order valence-electron chi connectivity index (χ0n) is 11.1. The van der Waals surface area contributed by atoms with Crippen molar-refractivity contribution in [3.63, 3.8) is 0 Å². The third-order valence-corrected chi connectivity index (χ3v) is 3.77. The fraction of sp³-hybridized carbons (Fsp3) is 0.400. The minimum Gasteiger partial charge on any atom is -0.290 e. The van der Waals surface area contributed by atoms with Crippen LogP contribution in [-0.4, -0.2) is 21.2 Å². The molecule has 0 unspecified atom stereocenters. The molecule has 3 nitrogen and oxygen atoms in total. The van der Waals surface area contributed by atoms with Gasteiger partial charge in [-0.2, -0.15) is 5.10 Å². The van der Waals surface area contributed by atoms with Gasteiger partial charge < -0.3 is 0 Å². The highest BCUT2D eigenvalue weighted by Gasteiger charge is 2.29. The van der Waals surface area contributed by atoms with Gasteiger partial charge in [0.15, 0.2) is 0 Å². The summed E-state index contributed by atoms with van der Waals surface area (Å²) in [6.07, 6.45) is 3.15. The summed E-state index contributed by atoms with van der Waals surface area (Å²) in [5.74, 6) is -0.170. The van der Waals surface area contributed by atoms with Crippen LogP contribution >= 0.6 is 0 Å². The summed E-state index contributed by atoms with van der Waals surface area (Å²) in [4.78, 5) is 2.38. The molecule has 19 heavy (non-hydrogen) atoms. The van der Waals surface area contributed by atoms with Crippen molar-refractivity contribution in [3.8, 4) is 0 Å². The van der Waals surface area contributed by atoms with Crippen LogP contribution in [0.25, 0.3) is 0 Å². The van der Waals surface area contributed by atoms with Gasteiger partial charge in [0, 0.05) is 31.9 Å². The second-order valence-electron chi connectivity index (χ2n) is 4.99. The van der Waals surface area contributed by atoms with Crippen molar-refractivity contribution in [2.24, 2.45) is 0 Å². The molecule has 4 heteroatoms. The predicted molar refractivity (Wildman–Crippen MR) is 72.1 cm³/mol. The number of nitrogens with zero attached hydrogens (tertiary/aromatic N) is 3. The van der Waals surface area contributed by atoms with Crippen molar-refractivity contribution < 1.29 is 4.39 Å². The molecule has 1 saturated heterocycles. The zero-order valence-corrected chi connectivity index (χ0v) is 11.1. The zero-order chi connectivity index (χ0) is 13.2. The van der Waals surface area contributed by atoms with Crippen molar-refractivity contribution in [1.29, 1.82) is 0 Å². The maximum atomic E-state index is 12.9. The lowest BCUT2D eigenvalue weighted by atomic mass is 9.94. The topological polar surface area (TPSA) is 21.1 Å². The van der Waals surface area contributed by atoms with Crippen LogP contribution in [0.5, 0.6) is 0 Å². The molecule has 100 valence electrons.